The molecule has 16 atom stereocenters. The highest BCUT2D eigenvalue weighted by Gasteiger charge is 2.57. The van der Waals surface area contributed by atoms with Crippen LogP contribution in [0.1, 0.15) is 19.3 Å². The predicted octanol–water partition coefficient (Wildman–Crippen LogP) is -9.02. The van der Waals surface area contributed by atoms with Crippen molar-refractivity contribution in [3.05, 3.63) is 0 Å². The predicted molar refractivity (Wildman–Crippen MR) is 149 cm³/mol. The second-order valence-corrected chi connectivity index (χ2v) is 12.7. The molecule has 18 N–H and O–H groups in total. The molecule has 0 aromatic heterocycles. The molecular formula is C26H49N5O14. The molecule has 262 valence electrons. The number of nitrogens with two attached hydrogens (primary N) is 3. The van der Waals surface area contributed by atoms with Gasteiger partial charge in [0.2, 0.25) is 0 Å². The van der Waals surface area contributed by atoms with Crippen LogP contribution in [0, 0.1) is 5.92 Å². The minimum Gasteiger partial charge on any atom is -0.394 e. The average Bonchev–Trinajstić information content (AvgIpc) is 2.98. The zero-order chi connectivity index (χ0) is 33.4. The van der Waals surface area contributed by atoms with Gasteiger partial charge in [0.15, 0.2) is 6.29 Å². The van der Waals surface area contributed by atoms with Gasteiger partial charge in [0, 0.05) is 43.9 Å². The highest BCUT2D eigenvalue weighted by molar-refractivity contribution is 5.86. The van der Waals surface area contributed by atoms with Crippen molar-refractivity contribution in [2.24, 2.45) is 23.1 Å². The summed E-state index contributed by atoms with van der Waals surface area (Å²) in [5, 5.41) is 109. The molecule has 2 unspecified atom stereocenters. The van der Waals surface area contributed by atoms with Gasteiger partial charge in [-0.05, 0) is 6.42 Å². The number of nitrogens with one attached hydrogen (secondary N) is 2. The molecule has 4 rings (SSSR count). The lowest BCUT2D eigenvalue weighted by molar-refractivity contribution is -0.310. The minimum absolute atomic E-state index is 0.0171. The third kappa shape index (κ3) is 7.60. The molecule has 2 saturated heterocycles. The second kappa shape index (κ2) is 14.9. The van der Waals surface area contributed by atoms with Gasteiger partial charge in [-0.25, -0.2) is 0 Å². The zero-order valence-electron chi connectivity index (χ0n) is 24.6. The van der Waals surface area contributed by atoms with Gasteiger partial charge in [-0.3, -0.25) is 4.79 Å². The first-order valence-electron chi connectivity index (χ1n) is 15.1. The summed E-state index contributed by atoms with van der Waals surface area (Å²) in [6, 6.07) is -3.89. The molecule has 19 heteroatoms. The Kier molecular flexibility index (Phi) is 12.1. The van der Waals surface area contributed by atoms with Crippen LogP contribution < -0.4 is 27.8 Å². The van der Waals surface area contributed by atoms with Gasteiger partial charge in [-0.15, -0.1) is 0 Å². The van der Waals surface area contributed by atoms with E-state index in [2.05, 4.69) is 10.6 Å². The number of aliphatic hydroxyl groups is 10. The van der Waals surface area contributed by atoms with Crippen molar-refractivity contribution >= 4 is 5.91 Å². The Morgan fingerprint density at radius 1 is 0.911 bits per heavy atom. The molecule has 2 saturated carbocycles. The summed E-state index contributed by atoms with van der Waals surface area (Å²) in [5.74, 6) is -2.03. The van der Waals surface area contributed by atoms with Gasteiger partial charge in [-0.2, -0.15) is 0 Å². The summed E-state index contributed by atoms with van der Waals surface area (Å²) in [6.07, 6.45) is -18.2. The summed E-state index contributed by atoms with van der Waals surface area (Å²) in [5.41, 5.74) is 16.4. The van der Waals surface area contributed by atoms with Crippen LogP contribution in [-0.4, -0.2) is 186 Å². The molecule has 0 bridgehead atoms. The molecule has 45 heavy (non-hydrogen) atoms. The molecule has 19 nitrogen and oxygen atoms in total. The Hall–Kier alpha value is -1.21. The number of carbonyl (C=O) groups is 1. The lowest BCUT2D eigenvalue weighted by Gasteiger charge is -2.52. The summed E-state index contributed by atoms with van der Waals surface area (Å²) in [4.78, 5) is 13.1. The first kappa shape index (κ1) is 36.6. The zero-order valence-corrected chi connectivity index (χ0v) is 24.6. The highest BCUT2D eigenvalue weighted by atomic mass is 16.7. The maximum atomic E-state index is 13.1. The summed E-state index contributed by atoms with van der Waals surface area (Å²) < 4.78 is 17.4. The van der Waals surface area contributed by atoms with Crippen LogP contribution in [0.5, 0.6) is 0 Å². The number of amides is 1. The fourth-order valence-corrected chi connectivity index (χ4v) is 6.65. The number of carbonyl (C=O) groups excluding carboxylic acids is 1. The van der Waals surface area contributed by atoms with Gasteiger partial charge >= 0.3 is 0 Å². The minimum atomic E-state index is -1.78. The van der Waals surface area contributed by atoms with Crippen molar-refractivity contribution in [2.45, 2.75) is 122 Å². The molecular weight excluding hydrogens is 606 g/mol. The molecule has 0 spiro atoms. The Morgan fingerprint density at radius 3 is 2.18 bits per heavy atom. The van der Waals surface area contributed by atoms with Crippen molar-refractivity contribution in [2.75, 3.05) is 26.3 Å². The van der Waals surface area contributed by atoms with Crippen molar-refractivity contribution in [3.63, 3.8) is 0 Å². The van der Waals surface area contributed by atoms with Gasteiger partial charge in [0.25, 0.3) is 5.91 Å². The third-order valence-corrected chi connectivity index (χ3v) is 9.38. The monoisotopic (exact) mass is 655 g/mol. The summed E-state index contributed by atoms with van der Waals surface area (Å²) in [6.45, 7) is -1.44. The average molecular weight is 656 g/mol. The molecule has 0 aromatic rings. The molecule has 2 aliphatic carbocycles. The standard InChI is InChI=1S/C26H49N5O14/c27-8-2-26(42,3-8)25(41)31-11-1-10(28)14(18(37)22(11)45-24-19(38)15(29)16(35)13(7-33)44-24)23-21(40)20(39)17(36)12(43-23)5-30-4-9(34)6-32/h8-24,30,32-40,42H,1-7,27-29H2,(H,31,41)/t8?,9?,10-,11+,12+,13+,14?,15-,16+,17+,18-,19+,20-,21+,22-,23+,24+,26?/m0/s1. The molecule has 4 aliphatic rings. The van der Waals surface area contributed by atoms with Crippen LogP contribution in [0.3, 0.4) is 0 Å². The van der Waals surface area contributed by atoms with E-state index in [1.165, 1.54) is 0 Å². The molecule has 1 amide bonds. The SMILES string of the molecule is NC1CC(O)(C(=O)N[C@@H]2C[C@H](N)C([C@H]3O[C@H](CNCC(O)CO)[C@@H](O)[C@H](O)[C@H]3O)[C@H](O)[C@H]2O[C@H]2O[C@H](CO)[C@@H](O)[C@H](N)[C@H]2O)C1. The lowest BCUT2D eigenvalue weighted by atomic mass is 9.71. The lowest BCUT2D eigenvalue weighted by Crippen LogP contribution is -2.72. The number of aliphatic hydroxyl groups excluding tert-OH is 9. The normalized spacial score (nSPS) is 49.6. The van der Waals surface area contributed by atoms with Crippen LogP contribution in [0.2, 0.25) is 0 Å². The van der Waals surface area contributed by atoms with E-state index in [-0.39, 0.29) is 32.4 Å². The van der Waals surface area contributed by atoms with Gasteiger partial charge in [0.05, 0.1) is 49.7 Å². The van der Waals surface area contributed by atoms with Gasteiger partial charge in [0.1, 0.15) is 48.3 Å². The molecule has 0 radical (unpaired) electrons. The van der Waals surface area contributed by atoms with Crippen LogP contribution in [-0.2, 0) is 19.0 Å². The van der Waals surface area contributed by atoms with E-state index in [4.69, 9.17) is 36.5 Å². The molecule has 2 aliphatic heterocycles. The van der Waals surface area contributed by atoms with E-state index >= 15 is 0 Å². The van der Waals surface area contributed by atoms with Crippen LogP contribution >= 0.6 is 0 Å². The second-order valence-electron chi connectivity index (χ2n) is 12.7. The number of rotatable bonds is 11. The largest absolute Gasteiger partial charge is 0.394 e. The summed E-state index contributed by atoms with van der Waals surface area (Å²) >= 11 is 0. The summed E-state index contributed by atoms with van der Waals surface area (Å²) in [7, 11) is 0. The fraction of sp³-hybridized carbons (Fsp3) is 0.962. The maximum Gasteiger partial charge on any atom is 0.252 e. The van der Waals surface area contributed by atoms with E-state index < -0.39 is 128 Å². The van der Waals surface area contributed by atoms with E-state index in [0.717, 1.165) is 0 Å². The molecule has 2 heterocycles. The highest BCUT2D eigenvalue weighted by Crippen LogP contribution is 2.38. The first-order chi connectivity index (χ1) is 21.1. The Balaban J connectivity index is 1.58. The van der Waals surface area contributed by atoms with Crippen molar-refractivity contribution < 1.29 is 70.1 Å². The smallest absolute Gasteiger partial charge is 0.252 e. The van der Waals surface area contributed by atoms with Gasteiger partial charge < -0.3 is 93.1 Å². The van der Waals surface area contributed by atoms with Crippen molar-refractivity contribution in [3.8, 4) is 0 Å². The third-order valence-electron chi connectivity index (χ3n) is 9.38. The van der Waals surface area contributed by atoms with Crippen molar-refractivity contribution in [1.82, 2.24) is 10.6 Å². The van der Waals surface area contributed by atoms with Crippen LogP contribution in [0.4, 0.5) is 0 Å². The Labute approximate surface area is 258 Å². The maximum absolute atomic E-state index is 13.1. The first-order valence-corrected chi connectivity index (χ1v) is 15.1. The van der Waals surface area contributed by atoms with E-state index in [1.54, 1.807) is 0 Å². The van der Waals surface area contributed by atoms with Crippen molar-refractivity contribution in [1.29, 1.82) is 0 Å². The van der Waals surface area contributed by atoms with Crippen LogP contribution in [0.15, 0.2) is 0 Å². The number of hydrogen-bond donors (Lipinski definition) is 15. The van der Waals surface area contributed by atoms with Crippen LogP contribution in [0.25, 0.3) is 0 Å². The van der Waals surface area contributed by atoms with E-state index in [1.807, 2.05) is 0 Å². The fourth-order valence-electron chi connectivity index (χ4n) is 6.65. The van der Waals surface area contributed by atoms with Gasteiger partial charge in [-0.1, -0.05) is 0 Å². The number of ether oxygens (including phenoxy) is 3. The topological polar surface area (TPSA) is 349 Å². The number of hydrogen-bond acceptors (Lipinski definition) is 18. The van der Waals surface area contributed by atoms with E-state index in [0.29, 0.717) is 0 Å². The quantitative estimate of drug-likeness (QED) is 0.0982. The Bertz CT molecular complexity index is 980. The Morgan fingerprint density at radius 2 is 1.58 bits per heavy atom. The molecule has 4 fully saturated rings. The molecule has 0 aromatic carbocycles. The van der Waals surface area contributed by atoms with E-state index in [9.17, 15) is 50.8 Å².